The van der Waals surface area contributed by atoms with Crippen molar-refractivity contribution in [1.82, 2.24) is 10.2 Å². The van der Waals surface area contributed by atoms with Crippen molar-refractivity contribution in [3.63, 3.8) is 0 Å². The molecule has 0 radical (unpaired) electrons. The van der Waals surface area contributed by atoms with Crippen LogP contribution in [0.4, 0.5) is 9.18 Å². The Morgan fingerprint density at radius 2 is 2.04 bits per heavy atom. The molecular formula is C17H23FN2O4. The van der Waals surface area contributed by atoms with E-state index < -0.39 is 18.0 Å². The van der Waals surface area contributed by atoms with Gasteiger partial charge in [-0.1, -0.05) is 12.1 Å². The lowest BCUT2D eigenvalue weighted by molar-refractivity contribution is -0.143. The molecule has 1 aliphatic rings. The lowest BCUT2D eigenvalue weighted by Crippen LogP contribution is -2.50. The summed E-state index contributed by atoms with van der Waals surface area (Å²) >= 11 is 0. The summed E-state index contributed by atoms with van der Waals surface area (Å²) in [6, 6.07) is 5.27. The molecule has 1 aromatic rings. The number of rotatable bonds is 5. The smallest absolute Gasteiger partial charge is 0.317 e. The van der Waals surface area contributed by atoms with Gasteiger partial charge in [-0.2, -0.15) is 0 Å². The number of piperidine rings is 1. The highest BCUT2D eigenvalue weighted by atomic mass is 19.1. The molecule has 7 heteroatoms. The molecule has 1 heterocycles. The number of urea groups is 1. The van der Waals surface area contributed by atoms with Crippen molar-refractivity contribution in [3.05, 3.63) is 35.6 Å². The number of methoxy groups -OCH3 is 1. The summed E-state index contributed by atoms with van der Waals surface area (Å²) in [5.74, 6) is -1.73. The van der Waals surface area contributed by atoms with Crippen LogP contribution in [0.2, 0.25) is 0 Å². The lowest BCUT2D eigenvalue weighted by atomic mass is 9.98. The first-order valence-electron chi connectivity index (χ1n) is 7.99. The molecular weight excluding hydrogens is 315 g/mol. The highest BCUT2D eigenvalue weighted by molar-refractivity contribution is 5.76. The number of hydrogen-bond donors (Lipinski definition) is 2. The van der Waals surface area contributed by atoms with Gasteiger partial charge in [-0.15, -0.1) is 0 Å². The van der Waals surface area contributed by atoms with E-state index in [4.69, 9.17) is 9.84 Å². The van der Waals surface area contributed by atoms with E-state index in [1.165, 1.54) is 24.1 Å². The highest BCUT2D eigenvalue weighted by Gasteiger charge is 2.30. The van der Waals surface area contributed by atoms with Gasteiger partial charge in [-0.3, -0.25) is 4.79 Å². The quantitative estimate of drug-likeness (QED) is 0.864. The molecule has 0 saturated carbocycles. The molecule has 1 aliphatic heterocycles. The van der Waals surface area contributed by atoms with Crippen molar-refractivity contribution < 1.29 is 23.8 Å². The SMILES string of the molecule is COC(c1ccc(F)cc1)C(C)NC(=O)N1CCCC(C(=O)O)C1. The molecule has 1 saturated heterocycles. The average Bonchev–Trinajstić information content (AvgIpc) is 2.57. The number of amides is 2. The first kappa shape index (κ1) is 18.2. The van der Waals surface area contributed by atoms with E-state index >= 15 is 0 Å². The Labute approximate surface area is 140 Å². The third kappa shape index (κ3) is 4.44. The van der Waals surface area contributed by atoms with Crippen molar-refractivity contribution in [3.8, 4) is 0 Å². The fourth-order valence-electron chi connectivity index (χ4n) is 3.01. The van der Waals surface area contributed by atoms with Crippen LogP contribution in [0.25, 0.3) is 0 Å². The predicted molar refractivity (Wildman–Crippen MR) is 86.1 cm³/mol. The number of carboxylic acid groups (broad SMARTS) is 1. The number of carboxylic acids is 1. The number of likely N-dealkylation sites (tertiary alicyclic amines) is 1. The number of benzene rings is 1. The number of nitrogens with zero attached hydrogens (tertiary/aromatic N) is 1. The summed E-state index contributed by atoms with van der Waals surface area (Å²) < 4.78 is 18.5. The maximum atomic E-state index is 13.0. The third-order valence-corrected chi connectivity index (χ3v) is 4.32. The zero-order valence-corrected chi connectivity index (χ0v) is 13.9. The molecule has 2 amide bonds. The minimum absolute atomic E-state index is 0.210. The molecule has 3 atom stereocenters. The van der Waals surface area contributed by atoms with Gasteiger partial charge in [-0.05, 0) is 37.5 Å². The van der Waals surface area contributed by atoms with Gasteiger partial charge in [0.1, 0.15) is 11.9 Å². The van der Waals surface area contributed by atoms with Gasteiger partial charge in [0.25, 0.3) is 0 Å². The zero-order chi connectivity index (χ0) is 17.7. The molecule has 6 nitrogen and oxygen atoms in total. The van der Waals surface area contributed by atoms with Crippen LogP contribution in [0.1, 0.15) is 31.4 Å². The first-order valence-corrected chi connectivity index (χ1v) is 7.99. The van der Waals surface area contributed by atoms with Crippen LogP contribution in [0.5, 0.6) is 0 Å². The second-order valence-electron chi connectivity index (χ2n) is 6.07. The standard InChI is InChI=1S/C17H23FN2O4/c1-11(15(24-2)12-5-7-14(18)8-6-12)19-17(23)20-9-3-4-13(10-20)16(21)22/h5-8,11,13,15H,3-4,9-10H2,1-2H3,(H,19,23)(H,21,22). The van der Waals surface area contributed by atoms with E-state index in [1.807, 2.05) is 0 Å². The molecule has 132 valence electrons. The Morgan fingerprint density at radius 1 is 1.38 bits per heavy atom. The largest absolute Gasteiger partial charge is 0.481 e. The zero-order valence-electron chi connectivity index (χ0n) is 13.9. The molecule has 0 aliphatic carbocycles. The van der Waals surface area contributed by atoms with E-state index in [9.17, 15) is 14.0 Å². The van der Waals surface area contributed by atoms with Gasteiger partial charge in [0.2, 0.25) is 0 Å². The summed E-state index contributed by atoms with van der Waals surface area (Å²) in [6.07, 6.45) is 0.838. The normalized spacial score (nSPS) is 20.3. The lowest BCUT2D eigenvalue weighted by Gasteiger charge is -2.33. The van der Waals surface area contributed by atoms with Crippen LogP contribution >= 0.6 is 0 Å². The van der Waals surface area contributed by atoms with E-state index in [1.54, 1.807) is 19.1 Å². The van der Waals surface area contributed by atoms with Crippen LogP contribution in [0.15, 0.2) is 24.3 Å². The van der Waals surface area contributed by atoms with Crippen LogP contribution in [0.3, 0.4) is 0 Å². The number of carbonyl (C=O) groups excluding carboxylic acids is 1. The third-order valence-electron chi connectivity index (χ3n) is 4.32. The van der Waals surface area contributed by atoms with Crippen LogP contribution < -0.4 is 5.32 Å². The fraction of sp³-hybridized carbons (Fsp3) is 0.529. The topological polar surface area (TPSA) is 78.9 Å². The second-order valence-corrected chi connectivity index (χ2v) is 6.07. The molecule has 0 spiro atoms. The van der Waals surface area contributed by atoms with Crippen molar-refractivity contribution in [2.45, 2.75) is 31.9 Å². The van der Waals surface area contributed by atoms with Crippen molar-refractivity contribution in [2.24, 2.45) is 5.92 Å². The number of aliphatic carboxylic acids is 1. The van der Waals surface area contributed by atoms with Gasteiger partial charge in [0.15, 0.2) is 0 Å². The Bertz CT molecular complexity index is 578. The van der Waals surface area contributed by atoms with Crippen molar-refractivity contribution >= 4 is 12.0 Å². The maximum absolute atomic E-state index is 13.0. The molecule has 2 N–H and O–H groups in total. The monoisotopic (exact) mass is 338 g/mol. The van der Waals surface area contributed by atoms with Gasteiger partial charge >= 0.3 is 12.0 Å². The molecule has 2 rings (SSSR count). The first-order chi connectivity index (χ1) is 11.4. The Balaban J connectivity index is 1.98. The average molecular weight is 338 g/mol. The van der Waals surface area contributed by atoms with Gasteiger partial charge < -0.3 is 20.1 Å². The number of ether oxygens (including phenoxy) is 1. The van der Waals surface area contributed by atoms with Crippen LogP contribution in [0, 0.1) is 11.7 Å². The maximum Gasteiger partial charge on any atom is 0.317 e. The molecule has 24 heavy (non-hydrogen) atoms. The molecule has 0 aromatic heterocycles. The van der Waals surface area contributed by atoms with Gasteiger partial charge in [0.05, 0.1) is 12.0 Å². The minimum Gasteiger partial charge on any atom is -0.481 e. The van der Waals surface area contributed by atoms with Gasteiger partial charge in [-0.25, -0.2) is 9.18 Å². The summed E-state index contributed by atoms with van der Waals surface area (Å²) in [4.78, 5) is 25.0. The second kappa shape index (κ2) is 8.10. The van der Waals surface area contributed by atoms with E-state index in [0.29, 0.717) is 19.4 Å². The fourth-order valence-corrected chi connectivity index (χ4v) is 3.01. The Morgan fingerprint density at radius 3 is 2.62 bits per heavy atom. The summed E-state index contributed by atoms with van der Waals surface area (Å²) in [5, 5.41) is 12.0. The molecule has 0 bridgehead atoms. The molecule has 1 aromatic carbocycles. The number of hydrogen-bond acceptors (Lipinski definition) is 3. The molecule has 1 fully saturated rings. The summed E-state index contributed by atoms with van der Waals surface area (Å²) in [7, 11) is 1.53. The minimum atomic E-state index is -0.873. The van der Waals surface area contributed by atoms with E-state index in [-0.39, 0.29) is 24.4 Å². The predicted octanol–water partition coefficient (Wildman–Crippen LogP) is 2.41. The summed E-state index contributed by atoms with van der Waals surface area (Å²) in [5.41, 5.74) is 0.758. The number of carbonyl (C=O) groups is 2. The highest BCUT2D eigenvalue weighted by Crippen LogP contribution is 2.22. The van der Waals surface area contributed by atoms with Crippen molar-refractivity contribution in [2.75, 3.05) is 20.2 Å². The Kier molecular flexibility index (Phi) is 6.14. The molecule has 3 unspecified atom stereocenters. The van der Waals surface area contributed by atoms with E-state index in [0.717, 1.165) is 5.56 Å². The number of nitrogens with one attached hydrogen (secondary N) is 1. The van der Waals surface area contributed by atoms with Crippen LogP contribution in [-0.2, 0) is 9.53 Å². The summed E-state index contributed by atoms with van der Waals surface area (Å²) in [6.45, 7) is 2.55. The van der Waals surface area contributed by atoms with Gasteiger partial charge in [0, 0.05) is 20.2 Å². The van der Waals surface area contributed by atoms with Crippen LogP contribution in [-0.4, -0.2) is 48.2 Å². The number of halogens is 1. The Hall–Kier alpha value is -2.15. The van der Waals surface area contributed by atoms with Crippen molar-refractivity contribution in [1.29, 1.82) is 0 Å². The van der Waals surface area contributed by atoms with E-state index in [2.05, 4.69) is 5.32 Å².